The van der Waals surface area contributed by atoms with Gasteiger partial charge in [0.15, 0.2) is 0 Å². The lowest BCUT2D eigenvalue weighted by Gasteiger charge is -2.13. The average molecular weight is 219 g/mol. The molecule has 5 nitrogen and oxygen atoms in total. The van der Waals surface area contributed by atoms with Gasteiger partial charge in [-0.25, -0.2) is 9.69 Å². The van der Waals surface area contributed by atoms with Crippen LogP contribution in [0.1, 0.15) is 12.5 Å². The summed E-state index contributed by atoms with van der Waals surface area (Å²) in [5, 5.41) is 2.56. The lowest BCUT2D eigenvalue weighted by atomic mass is 10.2. The van der Waals surface area contributed by atoms with Gasteiger partial charge in [0.1, 0.15) is 6.04 Å². The highest BCUT2D eigenvalue weighted by Gasteiger charge is 2.36. The molecule has 0 bridgehead atoms. The second kappa shape index (κ2) is 3.94. The molecule has 1 heterocycles. The van der Waals surface area contributed by atoms with E-state index in [2.05, 4.69) is 5.32 Å². The Morgan fingerprint density at radius 2 is 2.19 bits per heavy atom. The topological polar surface area (TPSA) is 75.4 Å². The quantitative estimate of drug-likeness (QED) is 0.715. The molecule has 1 atom stereocenters. The lowest BCUT2D eigenvalue weighted by Crippen LogP contribution is -2.30. The minimum atomic E-state index is -0.464. The maximum absolute atomic E-state index is 11.7. The number of anilines is 1. The maximum atomic E-state index is 11.7. The largest absolute Gasteiger partial charge is 0.329 e. The van der Waals surface area contributed by atoms with E-state index in [4.69, 9.17) is 5.73 Å². The van der Waals surface area contributed by atoms with E-state index in [9.17, 15) is 9.59 Å². The van der Waals surface area contributed by atoms with Crippen molar-refractivity contribution in [1.29, 1.82) is 0 Å². The number of benzene rings is 1. The molecule has 0 radical (unpaired) electrons. The van der Waals surface area contributed by atoms with Crippen LogP contribution < -0.4 is 16.0 Å². The third kappa shape index (κ3) is 1.65. The molecule has 1 aromatic carbocycles. The molecule has 3 N–H and O–H groups in total. The summed E-state index contributed by atoms with van der Waals surface area (Å²) < 4.78 is 0. The SMILES string of the molecule is CC1NC(=O)N(c2cccc(CN)c2)C1=O. The van der Waals surface area contributed by atoms with Crippen molar-refractivity contribution in [1.82, 2.24) is 5.32 Å². The zero-order valence-electron chi connectivity index (χ0n) is 8.93. The molecule has 1 saturated heterocycles. The summed E-state index contributed by atoms with van der Waals surface area (Å²) in [7, 11) is 0. The number of urea groups is 1. The fourth-order valence-electron chi connectivity index (χ4n) is 1.67. The highest BCUT2D eigenvalue weighted by atomic mass is 16.2. The molecule has 5 heteroatoms. The molecule has 1 aliphatic heterocycles. The number of nitrogens with two attached hydrogens (primary N) is 1. The van der Waals surface area contributed by atoms with Crippen LogP contribution in [0.3, 0.4) is 0 Å². The van der Waals surface area contributed by atoms with Crippen molar-refractivity contribution in [3.8, 4) is 0 Å². The molecular weight excluding hydrogens is 206 g/mol. The van der Waals surface area contributed by atoms with Crippen molar-refractivity contribution < 1.29 is 9.59 Å². The molecule has 0 saturated carbocycles. The van der Waals surface area contributed by atoms with E-state index in [1.165, 1.54) is 0 Å². The van der Waals surface area contributed by atoms with E-state index in [1.54, 1.807) is 25.1 Å². The van der Waals surface area contributed by atoms with Gasteiger partial charge in [-0.2, -0.15) is 0 Å². The van der Waals surface area contributed by atoms with Gasteiger partial charge in [0.2, 0.25) is 0 Å². The molecule has 3 amide bonds. The first-order chi connectivity index (χ1) is 7.63. The Labute approximate surface area is 93.2 Å². The first kappa shape index (κ1) is 10.6. The fraction of sp³-hybridized carbons (Fsp3) is 0.273. The minimum Gasteiger partial charge on any atom is -0.326 e. The Bertz CT molecular complexity index is 445. The lowest BCUT2D eigenvalue weighted by molar-refractivity contribution is -0.117. The van der Waals surface area contributed by atoms with Crippen molar-refractivity contribution >= 4 is 17.6 Å². The summed E-state index contributed by atoms with van der Waals surface area (Å²) in [6, 6.07) is 6.25. The van der Waals surface area contributed by atoms with E-state index in [-0.39, 0.29) is 11.9 Å². The number of carbonyl (C=O) groups is 2. The number of rotatable bonds is 2. The summed E-state index contributed by atoms with van der Waals surface area (Å²) in [4.78, 5) is 24.4. The van der Waals surface area contributed by atoms with Crippen LogP contribution in [0.4, 0.5) is 10.5 Å². The predicted molar refractivity (Wildman–Crippen MR) is 59.8 cm³/mol. The average Bonchev–Trinajstić information content (AvgIpc) is 2.53. The van der Waals surface area contributed by atoms with Crippen LogP contribution in [0, 0.1) is 0 Å². The fourth-order valence-corrected chi connectivity index (χ4v) is 1.67. The third-order valence-electron chi connectivity index (χ3n) is 2.54. The molecule has 84 valence electrons. The molecule has 16 heavy (non-hydrogen) atoms. The summed E-state index contributed by atoms with van der Waals surface area (Å²) in [5.41, 5.74) is 6.96. The Morgan fingerprint density at radius 1 is 1.44 bits per heavy atom. The van der Waals surface area contributed by atoms with Crippen molar-refractivity contribution in [3.63, 3.8) is 0 Å². The first-order valence-corrected chi connectivity index (χ1v) is 5.07. The van der Waals surface area contributed by atoms with Gasteiger partial charge in [0.25, 0.3) is 5.91 Å². The number of carbonyl (C=O) groups excluding carboxylic acids is 2. The zero-order valence-corrected chi connectivity index (χ0v) is 8.93. The van der Waals surface area contributed by atoms with Crippen molar-refractivity contribution in [3.05, 3.63) is 29.8 Å². The van der Waals surface area contributed by atoms with Crippen LogP contribution in [0.5, 0.6) is 0 Å². The first-order valence-electron chi connectivity index (χ1n) is 5.07. The second-order valence-corrected chi connectivity index (χ2v) is 3.72. The number of nitrogens with one attached hydrogen (secondary N) is 1. The molecule has 0 aliphatic carbocycles. The van der Waals surface area contributed by atoms with Crippen LogP contribution in [-0.4, -0.2) is 18.0 Å². The summed E-state index contributed by atoms with van der Waals surface area (Å²) >= 11 is 0. The van der Waals surface area contributed by atoms with Gasteiger partial charge in [0.05, 0.1) is 5.69 Å². The van der Waals surface area contributed by atoms with Gasteiger partial charge >= 0.3 is 6.03 Å². The summed E-state index contributed by atoms with van der Waals surface area (Å²) in [6.07, 6.45) is 0. The number of imide groups is 1. The van der Waals surface area contributed by atoms with Gasteiger partial charge in [0, 0.05) is 6.54 Å². The Morgan fingerprint density at radius 3 is 2.75 bits per heavy atom. The van der Waals surface area contributed by atoms with Gasteiger partial charge in [-0.1, -0.05) is 12.1 Å². The van der Waals surface area contributed by atoms with Crippen molar-refractivity contribution in [2.24, 2.45) is 5.73 Å². The van der Waals surface area contributed by atoms with Gasteiger partial charge < -0.3 is 11.1 Å². The van der Waals surface area contributed by atoms with Crippen molar-refractivity contribution in [2.75, 3.05) is 4.90 Å². The standard InChI is InChI=1S/C11H13N3O2/c1-7-10(15)14(11(16)13-7)9-4-2-3-8(5-9)6-12/h2-5,7H,6,12H2,1H3,(H,13,16). The van der Waals surface area contributed by atoms with Crippen molar-refractivity contribution in [2.45, 2.75) is 19.5 Å². The number of hydrogen-bond acceptors (Lipinski definition) is 3. The van der Waals surface area contributed by atoms with Crippen LogP contribution in [0.25, 0.3) is 0 Å². The van der Waals surface area contributed by atoms with Crippen LogP contribution in [0.15, 0.2) is 24.3 Å². The Balaban J connectivity index is 2.36. The van der Waals surface area contributed by atoms with E-state index in [1.807, 2.05) is 6.07 Å². The molecule has 2 rings (SSSR count). The molecule has 1 unspecified atom stereocenters. The highest BCUT2D eigenvalue weighted by Crippen LogP contribution is 2.20. The Kier molecular flexibility index (Phi) is 2.62. The molecule has 1 aliphatic rings. The third-order valence-corrected chi connectivity index (χ3v) is 2.54. The minimum absolute atomic E-state index is 0.237. The van der Waals surface area contributed by atoms with Gasteiger partial charge in [-0.3, -0.25) is 4.79 Å². The van der Waals surface area contributed by atoms with E-state index >= 15 is 0 Å². The molecule has 0 aromatic heterocycles. The second-order valence-electron chi connectivity index (χ2n) is 3.72. The predicted octanol–water partition coefficient (Wildman–Crippen LogP) is 0.590. The normalized spacial score (nSPS) is 20.1. The molecule has 1 aromatic rings. The van der Waals surface area contributed by atoms with E-state index < -0.39 is 6.04 Å². The van der Waals surface area contributed by atoms with E-state index in [0.717, 1.165) is 10.5 Å². The van der Waals surface area contributed by atoms with Gasteiger partial charge in [-0.05, 0) is 24.6 Å². The smallest absolute Gasteiger partial charge is 0.326 e. The van der Waals surface area contributed by atoms with Gasteiger partial charge in [-0.15, -0.1) is 0 Å². The number of nitrogens with zero attached hydrogens (tertiary/aromatic N) is 1. The van der Waals surface area contributed by atoms with Crippen LogP contribution in [-0.2, 0) is 11.3 Å². The monoisotopic (exact) mass is 219 g/mol. The molecule has 0 spiro atoms. The van der Waals surface area contributed by atoms with Crippen LogP contribution in [0.2, 0.25) is 0 Å². The summed E-state index contributed by atoms with van der Waals surface area (Å²) in [6.45, 7) is 2.04. The maximum Gasteiger partial charge on any atom is 0.329 e. The number of hydrogen-bond donors (Lipinski definition) is 2. The van der Waals surface area contributed by atoms with Crippen LogP contribution >= 0.6 is 0 Å². The number of amides is 3. The molecular formula is C11H13N3O2. The zero-order chi connectivity index (χ0) is 11.7. The molecule has 1 fully saturated rings. The highest BCUT2D eigenvalue weighted by molar-refractivity contribution is 6.21. The summed E-state index contributed by atoms with van der Waals surface area (Å²) in [5.74, 6) is -0.237. The Hall–Kier alpha value is -1.88. The van der Waals surface area contributed by atoms with E-state index in [0.29, 0.717) is 12.2 Å².